The minimum absolute atomic E-state index is 0.136. The highest BCUT2D eigenvalue weighted by Crippen LogP contribution is 2.42. The number of anilines is 1. The van der Waals surface area contributed by atoms with E-state index in [1.807, 2.05) is 18.2 Å². The van der Waals surface area contributed by atoms with Crippen LogP contribution in [-0.2, 0) is 6.54 Å². The number of nitrogens with zero attached hydrogens (tertiary/aromatic N) is 3. The third-order valence-corrected chi connectivity index (χ3v) is 5.76. The largest absolute Gasteiger partial charge is 0.396 e. The second kappa shape index (κ2) is 9.67. The number of rotatable bonds is 8. The van der Waals surface area contributed by atoms with Crippen LogP contribution < -0.4 is 5.32 Å². The van der Waals surface area contributed by atoms with Crippen LogP contribution in [0.1, 0.15) is 12.0 Å². The average Bonchev–Trinajstić information content (AvgIpc) is 3.21. The topological polar surface area (TPSA) is 63.0 Å². The van der Waals surface area contributed by atoms with Crippen LogP contribution in [-0.4, -0.2) is 32.8 Å². The lowest BCUT2D eigenvalue weighted by atomic mass is 9.99. The fraction of sp³-hybridized carbons (Fsp3) is 0.143. The van der Waals surface area contributed by atoms with Gasteiger partial charge in [0.05, 0.1) is 11.1 Å². The number of hydrogen-bond acceptors (Lipinski definition) is 4. The van der Waals surface area contributed by atoms with Gasteiger partial charge in [0, 0.05) is 25.3 Å². The number of aliphatic hydroxyl groups excluding tert-OH is 1. The van der Waals surface area contributed by atoms with Crippen LogP contribution in [0, 0.1) is 0 Å². The number of nitrogens with one attached hydrogen (secondary N) is 1. The molecule has 0 aliphatic rings. The molecule has 0 radical (unpaired) electrons. The number of aliphatic hydroxyl groups is 1. The van der Waals surface area contributed by atoms with Gasteiger partial charge in [-0.15, -0.1) is 0 Å². The molecule has 164 valence electrons. The monoisotopic (exact) mass is 434 g/mol. The predicted octanol–water partition coefficient (Wildman–Crippen LogP) is 5.61. The summed E-state index contributed by atoms with van der Waals surface area (Å²) in [6.07, 6.45) is 2.27. The Morgan fingerprint density at radius 3 is 2.06 bits per heavy atom. The lowest BCUT2D eigenvalue weighted by Crippen LogP contribution is -2.06. The maximum absolute atomic E-state index is 9.27. The molecule has 0 aliphatic heterocycles. The third-order valence-electron chi connectivity index (χ3n) is 5.76. The summed E-state index contributed by atoms with van der Waals surface area (Å²) >= 11 is 0. The molecule has 0 fully saturated rings. The van der Waals surface area contributed by atoms with Crippen LogP contribution in [0.4, 0.5) is 5.82 Å². The van der Waals surface area contributed by atoms with Gasteiger partial charge in [0.1, 0.15) is 17.8 Å². The summed E-state index contributed by atoms with van der Waals surface area (Å²) in [6, 6.07) is 31.4. The van der Waals surface area contributed by atoms with Gasteiger partial charge in [-0.3, -0.25) is 0 Å². The third kappa shape index (κ3) is 4.23. The summed E-state index contributed by atoms with van der Waals surface area (Å²) in [5.41, 5.74) is 6.57. The van der Waals surface area contributed by atoms with Crippen LogP contribution in [0.3, 0.4) is 0 Å². The molecule has 0 unspecified atom stereocenters. The highest BCUT2D eigenvalue weighted by atomic mass is 16.3. The maximum atomic E-state index is 9.27. The van der Waals surface area contributed by atoms with E-state index in [-0.39, 0.29) is 6.61 Å². The van der Waals surface area contributed by atoms with Gasteiger partial charge >= 0.3 is 0 Å². The SMILES string of the molecule is OCCCNc1ncnc2c1c(-c1ccccc1)c(-c1ccccc1)n2Cc1ccccc1. The van der Waals surface area contributed by atoms with Gasteiger partial charge in [-0.1, -0.05) is 91.0 Å². The van der Waals surface area contributed by atoms with E-state index in [4.69, 9.17) is 4.98 Å². The van der Waals surface area contributed by atoms with Gasteiger partial charge in [-0.2, -0.15) is 0 Å². The Morgan fingerprint density at radius 1 is 0.758 bits per heavy atom. The average molecular weight is 435 g/mol. The van der Waals surface area contributed by atoms with Gasteiger partial charge in [0.2, 0.25) is 0 Å². The quantitative estimate of drug-likeness (QED) is 0.312. The van der Waals surface area contributed by atoms with Crippen molar-refractivity contribution in [1.82, 2.24) is 14.5 Å². The van der Waals surface area contributed by atoms with E-state index in [9.17, 15) is 5.11 Å². The van der Waals surface area contributed by atoms with Crippen molar-refractivity contribution in [1.29, 1.82) is 0 Å². The highest BCUT2D eigenvalue weighted by molar-refractivity contribution is 6.08. The zero-order valence-electron chi connectivity index (χ0n) is 18.4. The first-order chi connectivity index (χ1) is 16.4. The van der Waals surface area contributed by atoms with E-state index in [1.54, 1.807) is 6.33 Å². The Bertz CT molecular complexity index is 1330. The molecule has 5 aromatic rings. The summed E-state index contributed by atoms with van der Waals surface area (Å²) < 4.78 is 2.29. The number of aromatic nitrogens is 3. The minimum atomic E-state index is 0.136. The summed E-state index contributed by atoms with van der Waals surface area (Å²) in [5.74, 6) is 0.788. The van der Waals surface area contributed by atoms with Gasteiger partial charge in [-0.05, 0) is 23.1 Å². The van der Waals surface area contributed by atoms with Crippen molar-refractivity contribution < 1.29 is 5.11 Å². The standard InChI is InChI=1S/C28H26N4O/c33-18-10-17-29-27-25-24(22-13-6-2-7-14-22)26(23-15-8-3-9-16-23)32(28(25)31-20-30-27)19-21-11-4-1-5-12-21/h1-9,11-16,20,33H,10,17-19H2,(H,29,30,31). The Balaban J connectivity index is 1.83. The van der Waals surface area contributed by atoms with Crippen LogP contribution >= 0.6 is 0 Å². The molecule has 0 aliphatic carbocycles. The van der Waals surface area contributed by atoms with E-state index in [0.29, 0.717) is 19.5 Å². The number of fused-ring (bicyclic) bond motifs is 1. The molecule has 0 amide bonds. The molecule has 2 heterocycles. The van der Waals surface area contributed by atoms with Crippen molar-refractivity contribution in [2.75, 3.05) is 18.5 Å². The summed E-state index contributed by atoms with van der Waals surface area (Å²) in [6.45, 7) is 1.47. The van der Waals surface area contributed by atoms with Gasteiger partial charge < -0.3 is 15.0 Å². The van der Waals surface area contributed by atoms with Crippen molar-refractivity contribution in [3.63, 3.8) is 0 Å². The second-order valence-corrected chi connectivity index (χ2v) is 7.95. The molecule has 2 N–H and O–H groups in total. The van der Waals surface area contributed by atoms with E-state index >= 15 is 0 Å². The van der Waals surface area contributed by atoms with Gasteiger partial charge in [-0.25, -0.2) is 9.97 Å². The summed E-state index contributed by atoms with van der Waals surface area (Å²) in [7, 11) is 0. The van der Waals surface area contributed by atoms with Crippen molar-refractivity contribution in [3.8, 4) is 22.4 Å². The zero-order valence-corrected chi connectivity index (χ0v) is 18.4. The molecule has 33 heavy (non-hydrogen) atoms. The summed E-state index contributed by atoms with van der Waals surface area (Å²) in [5, 5.41) is 13.7. The van der Waals surface area contributed by atoms with Crippen LogP contribution in [0.25, 0.3) is 33.4 Å². The molecular formula is C28H26N4O. The number of benzene rings is 3. The van der Waals surface area contributed by atoms with E-state index in [1.165, 1.54) is 5.56 Å². The lowest BCUT2D eigenvalue weighted by Gasteiger charge is -2.13. The summed E-state index contributed by atoms with van der Waals surface area (Å²) in [4.78, 5) is 9.36. The van der Waals surface area contributed by atoms with Crippen molar-refractivity contribution in [2.24, 2.45) is 0 Å². The minimum Gasteiger partial charge on any atom is -0.396 e. The molecule has 0 bridgehead atoms. The fourth-order valence-electron chi connectivity index (χ4n) is 4.29. The van der Waals surface area contributed by atoms with Crippen LogP contribution in [0.15, 0.2) is 97.3 Å². The smallest absolute Gasteiger partial charge is 0.146 e. The predicted molar refractivity (Wildman–Crippen MR) is 134 cm³/mol. The zero-order chi connectivity index (χ0) is 22.5. The molecule has 3 aromatic carbocycles. The lowest BCUT2D eigenvalue weighted by molar-refractivity contribution is 0.292. The molecule has 5 rings (SSSR count). The molecular weight excluding hydrogens is 408 g/mol. The van der Waals surface area contributed by atoms with E-state index in [0.717, 1.165) is 39.2 Å². The Kier molecular flexibility index (Phi) is 6.13. The molecule has 0 atom stereocenters. The fourth-order valence-corrected chi connectivity index (χ4v) is 4.29. The Labute approximate surface area is 193 Å². The van der Waals surface area contributed by atoms with Crippen molar-refractivity contribution in [3.05, 3.63) is 103 Å². The molecule has 0 spiro atoms. The Morgan fingerprint density at radius 2 is 1.39 bits per heavy atom. The van der Waals surface area contributed by atoms with E-state index < -0.39 is 0 Å². The molecule has 2 aromatic heterocycles. The molecule has 0 saturated heterocycles. The molecule has 5 heteroatoms. The molecule has 5 nitrogen and oxygen atoms in total. The van der Waals surface area contributed by atoms with Gasteiger partial charge in [0.15, 0.2) is 0 Å². The Hall–Kier alpha value is -3.96. The van der Waals surface area contributed by atoms with Crippen LogP contribution in [0.5, 0.6) is 0 Å². The first-order valence-corrected chi connectivity index (χ1v) is 11.2. The first kappa shape index (κ1) is 20.9. The number of hydrogen-bond donors (Lipinski definition) is 2. The van der Waals surface area contributed by atoms with Gasteiger partial charge in [0.25, 0.3) is 0 Å². The highest BCUT2D eigenvalue weighted by Gasteiger charge is 2.24. The van der Waals surface area contributed by atoms with Crippen molar-refractivity contribution in [2.45, 2.75) is 13.0 Å². The van der Waals surface area contributed by atoms with Crippen LogP contribution in [0.2, 0.25) is 0 Å². The second-order valence-electron chi connectivity index (χ2n) is 7.95. The molecule has 0 saturated carbocycles. The maximum Gasteiger partial charge on any atom is 0.146 e. The normalized spacial score (nSPS) is 11.1. The van der Waals surface area contributed by atoms with Crippen molar-refractivity contribution >= 4 is 16.9 Å². The van der Waals surface area contributed by atoms with E-state index in [2.05, 4.69) is 87.7 Å². The first-order valence-electron chi connectivity index (χ1n) is 11.2.